The second-order valence-electron chi connectivity index (χ2n) is 6.19. The number of aryl methyl sites for hydroxylation is 1. The number of rotatable bonds is 6. The van der Waals surface area contributed by atoms with Crippen LogP contribution in [-0.2, 0) is 0 Å². The van der Waals surface area contributed by atoms with E-state index < -0.39 is 0 Å². The molecular weight excluding hydrogens is 392 g/mol. The average molecular weight is 411 g/mol. The molecule has 3 aromatic carbocycles. The highest BCUT2D eigenvalue weighted by Gasteiger charge is 2.15. The van der Waals surface area contributed by atoms with Gasteiger partial charge in [0, 0.05) is 15.5 Å². The number of benzene rings is 3. The van der Waals surface area contributed by atoms with Crippen molar-refractivity contribution in [1.82, 2.24) is 0 Å². The maximum absolute atomic E-state index is 13.1. The van der Waals surface area contributed by atoms with Crippen LogP contribution in [0.4, 0.5) is 0 Å². The third-order valence-electron chi connectivity index (χ3n) is 4.08. The van der Waals surface area contributed by atoms with Crippen LogP contribution in [0.5, 0.6) is 11.5 Å². The van der Waals surface area contributed by atoms with Crippen molar-refractivity contribution in [2.24, 2.45) is 0 Å². The Morgan fingerprint density at radius 2 is 1.71 bits per heavy atom. The molecule has 142 valence electrons. The average Bonchev–Trinajstić information content (AvgIpc) is 2.69. The van der Waals surface area contributed by atoms with Gasteiger partial charge in [-0.3, -0.25) is 4.79 Å². The van der Waals surface area contributed by atoms with E-state index in [0.717, 1.165) is 10.5 Å². The van der Waals surface area contributed by atoms with Gasteiger partial charge in [-0.25, -0.2) is 0 Å². The lowest BCUT2D eigenvalue weighted by molar-refractivity contribution is 0.104. The lowest BCUT2D eigenvalue weighted by Crippen LogP contribution is -2.01. The Hall–Kier alpha value is -2.69. The molecule has 3 aromatic rings. The highest BCUT2D eigenvalue weighted by molar-refractivity contribution is 8.04. The maximum atomic E-state index is 13.1. The first-order chi connectivity index (χ1) is 13.5. The van der Waals surface area contributed by atoms with E-state index in [1.165, 1.54) is 18.9 Å². The summed E-state index contributed by atoms with van der Waals surface area (Å²) in [4.78, 5) is 14.6. The lowest BCUT2D eigenvalue weighted by Gasteiger charge is -2.09. The standard InChI is InChI=1S/C23H19ClO3S/c1-15-3-10-19(11-4-15)28-22(23(26)17-6-8-18(24)9-7-17)14-16-5-12-21(27-2)20(25)13-16/h3-14,25H,1-2H3/b22-14+. The number of ketones is 1. The minimum absolute atomic E-state index is 0.0230. The van der Waals surface area contributed by atoms with Crippen LogP contribution >= 0.6 is 23.4 Å². The molecule has 0 heterocycles. The number of aromatic hydroxyl groups is 1. The molecule has 0 aliphatic carbocycles. The molecule has 0 saturated heterocycles. The number of hydrogen-bond donors (Lipinski definition) is 1. The van der Waals surface area contributed by atoms with Gasteiger partial charge in [-0.1, -0.05) is 47.1 Å². The highest BCUT2D eigenvalue weighted by atomic mass is 35.5. The van der Waals surface area contributed by atoms with Crippen LogP contribution in [0.15, 0.2) is 76.5 Å². The van der Waals surface area contributed by atoms with Gasteiger partial charge in [-0.15, -0.1) is 0 Å². The van der Waals surface area contributed by atoms with E-state index >= 15 is 0 Å². The number of Topliss-reactive ketones (excluding diaryl/α,β-unsaturated/α-hetero) is 1. The molecule has 0 aliphatic heterocycles. The molecule has 1 N–H and O–H groups in total. The molecule has 0 fully saturated rings. The Kier molecular flexibility index (Phi) is 6.45. The zero-order valence-electron chi connectivity index (χ0n) is 15.5. The molecular formula is C23H19ClO3S. The number of phenols is 1. The smallest absolute Gasteiger partial charge is 0.199 e. The first-order valence-electron chi connectivity index (χ1n) is 8.60. The van der Waals surface area contributed by atoms with E-state index in [9.17, 15) is 9.90 Å². The molecule has 0 aliphatic rings. The molecule has 28 heavy (non-hydrogen) atoms. The summed E-state index contributed by atoms with van der Waals surface area (Å²) in [5.74, 6) is 0.293. The summed E-state index contributed by atoms with van der Waals surface area (Å²) in [6.45, 7) is 2.02. The van der Waals surface area contributed by atoms with Crippen LogP contribution in [0.25, 0.3) is 6.08 Å². The fourth-order valence-corrected chi connectivity index (χ4v) is 3.62. The van der Waals surface area contributed by atoms with E-state index in [1.807, 2.05) is 31.2 Å². The number of thioether (sulfide) groups is 1. The van der Waals surface area contributed by atoms with Crippen molar-refractivity contribution >= 4 is 35.2 Å². The third-order valence-corrected chi connectivity index (χ3v) is 5.36. The Morgan fingerprint density at radius 1 is 1.04 bits per heavy atom. The molecule has 5 heteroatoms. The number of ether oxygens (including phenoxy) is 1. The van der Waals surface area contributed by atoms with Crippen molar-refractivity contribution in [3.8, 4) is 11.5 Å². The zero-order valence-corrected chi connectivity index (χ0v) is 17.1. The first kappa shape index (κ1) is 20.1. The minimum atomic E-state index is -0.113. The first-order valence-corrected chi connectivity index (χ1v) is 9.79. The predicted molar refractivity (Wildman–Crippen MR) is 115 cm³/mol. The maximum Gasteiger partial charge on any atom is 0.199 e. The van der Waals surface area contributed by atoms with E-state index in [1.54, 1.807) is 48.5 Å². The van der Waals surface area contributed by atoms with E-state index in [4.69, 9.17) is 16.3 Å². The number of carbonyl (C=O) groups is 1. The third kappa shape index (κ3) is 4.97. The van der Waals surface area contributed by atoms with Gasteiger partial charge < -0.3 is 9.84 Å². The van der Waals surface area contributed by atoms with Gasteiger partial charge in [0.25, 0.3) is 0 Å². The number of phenolic OH excluding ortho intramolecular Hbond substituents is 1. The van der Waals surface area contributed by atoms with Gasteiger partial charge in [-0.2, -0.15) is 0 Å². The SMILES string of the molecule is COc1ccc(/C=C(/Sc2ccc(C)cc2)C(=O)c2ccc(Cl)cc2)cc1O. The van der Waals surface area contributed by atoms with Crippen molar-refractivity contribution < 1.29 is 14.6 Å². The van der Waals surface area contributed by atoms with Crippen molar-refractivity contribution in [2.45, 2.75) is 11.8 Å². The van der Waals surface area contributed by atoms with Gasteiger partial charge >= 0.3 is 0 Å². The van der Waals surface area contributed by atoms with Crippen LogP contribution in [0.2, 0.25) is 5.02 Å². The van der Waals surface area contributed by atoms with Crippen LogP contribution in [0.3, 0.4) is 0 Å². The lowest BCUT2D eigenvalue weighted by atomic mass is 10.1. The molecule has 3 rings (SSSR count). The molecule has 0 spiro atoms. The molecule has 0 amide bonds. The van der Waals surface area contributed by atoms with Crippen LogP contribution in [0, 0.1) is 6.92 Å². The van der Waals surface area contributed by atoms with E-state index in [2.05, 4.69) is 0 Å². The van der Waals surface area contributed by atoms with Crippen LogP contribution < -0.4 is 4.74 Å². The molecule has 0 saturated carbocycles. The Morgan fingerprint density at radius 3 is 2.32 bits per heavy atom. The summed E-state index contributed by atoms with van der Waals surface area (Å²) < 4.78 is 5.08. The Bertz CT molecular complexity index is 1010. The minimum Gasteiger partial charge on any atom is -0.504 e. The monoisotopic (exact) mass is 410 g/mol. The van der Waals surface area contributed by atoms with Gasteiger partial charge in [0.2, 0.25) is 0 Å². The quantitative estimate of drug-likeness (QED) is 0.291. The molecule has 0 atom stereocenters. The second kappa shape index (κ2) is 9.00. The van der Waals surface area contributed by atoms with Crippen LogP contribution in [0.1, 0.15) is 21.5 Å². The fraction of sp³-hybridized carbons (Fsp3) is 0.0870. The summed E-state index contributed by atoms with van der Waals surface area (Å²) in [7, 11) is 1.49. The normalized spacial score (nSPS) is 11.3. The molecule has 0 radical (unpaired) electrons. The topological polar surface area (TPSA) is 46.5 Å². The summed E-state index contributed by atoms with van der Waals surface area (Å²) in [5, 5.41) is 10.6. The number of methoxy groups -OCH3 is 1. The summed E-state index contributed by atoms with van der Waals surface area (Å²) in [5.41, 5.74) is 2.40. The van der Waals surface area contributed by atoms with E-state index in [0.29, 0.717) is 26.8 Å². The van der Waals surface area contributed by atoms with Crippen molar-refractivity contribution in [1.29, 1.82) is 0 Å². The van der Waals surface area contributed by atoms with E-state index in [-0.39, 0.29) is 11.5 Å². The van der Waals surface area contributed by atoms with Crippen molar-refractivity contribution in [3.05, 3.63) is 93.3 Å². The molecule has 0 bridgehead atoms. The number of allylic oxidation sites excluding steroid dienone is 1. The van der Waals surface area contributed by atoms with Gasteiger partial charge in [0.15, 0.2) is 17.3 Å². The predicted octanol–water partition coefficient (Wildman–Crippen LogP) is 6.38. The number of halogens is 1. The Labute approximate surface area is 173 Å². The van der Waals surface area contributed by atoms with Gasteiger partial charge in [-0.05, 0) is 67.1 Å². The summed E-state index contributed by atoms with van der Waals surface area (Å²) in [6, 6.07) is 19.8. The molecule has 3 nitrogen and oxygen atoms in total. The summed E-state index contributed by atoms with van der Waals surface area (Å²) in [6.07, 6.45) is 1.76. The van der Waals surface area contributed by atoms with Crippen molar-refractivity contribution in [2.75, 3.05) is 7.11 Å². The second-order valence-corrected chi connectivity index (χ2v) is 7.74. The van der Waals surface area contributed by atoms with Gasteiger partial charge in [0.1, 0.15) is 0 Å². The summed E-state index contributed by atoms with van der Waals surface area (Å²) >= 11 is 7.33. The fourth-order valence-electron chi connectivity index (χ4n) is 2.57. The number of hydrogen-bond acceptors (Lipinski definition) is 4. The zero-order chi connectivity index (χ0) is 20.1. The largest absolute Gasteiger partial charge is 0.504 e. The Balaban J connectivity index is 1.99. The highest BCUT2D eigenvalue weighted by Crippen LogP contribution is 2.33. The molecule has 0 unspecified atom stereocenters. The van der Waals surface area contributed by atoms with Crippen molar-refractivity contribution in [3.63, 3.8) is 0 Å². The van der Waals surface area contributed by atoms with Gasteiger partial charge in [0.05, 0.1) is 12.0 Å². The molecule has 0 aromatic heterocycles. The van der Waals surface area contributed by atoms with Crippen LogP contribution in [-0.4, -0.2) is 18.0 Å². The number of carbonyl (C=O) groups excluding carboxylic acids is 1.